The minimum atomic E-state index is 0.858. The quantitative estimate of drug-likeness (QED) is 0.173. The van der Waals surface area contributed by atoms with E-state index in [2.05, 4.69) is 195 Å². The van der Waals surface area contributed by atoms with Crippen molar-refractivity contribution in [1.29, 1.82) is 0 Å². The number of rotatable bonds is 6. The molecule has 0 amide bonds. The van der Waals surface area contributed by atoms with Crippen molar-refractivity contribution in [1.82, 2.24) is 0 Å². The minimum absolute atomic E-state index is 0.858. The Kier molecular flexibility index (Phi) is 7.34. The molecular formula is C50H38N2O2. The molecule has 0 atom stereocenters. The largest absolute Gasteiger partial charge is 0.456 e. The van der Waals surface area contributed by atoms with Crippen LogP contribution in [0.3, 0.4) is 0 Å². The van der Waals surface area contributed by atoms with Crippen LogP contribution >= 0.6 is 0 Å². The van der Waals surface area contributed by atoms with Gasteiger partial charge < -0.3 is 18.6 Å². The third-order valence-corrected chi connectivity index (χ3v) is 10.5. The molecule has 4 nitrogen and oxygen atoms in total. The average Bonchev–Trinajstić information content (AvgIpc) is 3.70. The predicted octanol–water partition coefficient (Wildman–Crippen LogP) is 14.8. The highest BCUT2D eigenvalue weighted by Crippen LogP contribution is 2.43. The van der Waals surface area contributed by atoms with Gasteiger partial charge in [0, 0.05) is 55.7 Å². The van der Waals surface area contributed by atoms with Crippen LogP contribution in [0.5, 0.6) is 0 Å². The number of fused-ring (bicyclic) bond motifs is 7. The molecule has 0 aliphatic rings. The summed E-state index contributed by atoms with van der Waals surface area (Å²) in [6, 6.07) is 56.6. The lowest BCUT2D eigenvalue weighted by Gasteiger charge is -2.26. The third kappa shape index (κ3) is 5.46. The van der Waals surface area contributed by atoms with Crippen LogP contribution in [0.15, 0.2) is 167 Å². The molecule has 2 aromatic heterocycles. The smallest absolute Gasteiger partial charge is 0.136 e. The number of furan rings is 2. The fraction of sp³-hybridized carbons (Fsp3) is 0.0800. The van der Waals surface area contributed by atoms with Gasteiger partial charge in [0.15, 0.2) is 0 Å². The fourth-order valence-electron chi connectivity index (χ4n) is 8.01. The third-order valence-electron chi connectivity index (χ3n) is 10.5. The normalized spacial score (nSPS) is 11.7. The SMILES string of the molecule is Cc1cccc(N(c2cccc(C)c2)c2ccc3oc4cc5cc6oc7ccc(N(c8cccc(C)c8)c8cccc(C)c8)cc7c6cc5cc4c3c2)c1. The lowest BCUT2D eigenvalue weighted by atomic mass is 10.0. The lowest BCUT2D eigenvalue weighted by molar-refractivity contribution is 0.668. The molecule has 10 rings (SSSR count). The molecular weight excluding hydrogens is 661 g/mol. The maximum absolute atomic E-state index is 6.50. The van der Waals surface area contributed by atoms with Crippen LogP contribution < -0.4 is 9.80 Å². The Morgan fingerprint density at radius 1 is 0.296 bits per heavy atom. The minimum Gasteiger partial charge on any atom is -0.456 e. The molecule has 0 bridgehead atoms. The van der Waals surface area contributed by atoms with Crippen LogP contribution in [0.4, 0.5) is 34.1 Å². The summed E-state index contributed by atoms with van der Waals surface area (Å²) in [5.74, 6) is 0. The van der Waals surface area contributed by atoms with Gasteiger partial charge in [0.05, 0.1) is 0 Å². The first kappa shape index (κ1) is 31.9. The Morgan fingerprint density at radius 2 is 0.611 bits per heavy atom. The first-order chi connectivity index (χ1) is 26.3. The van der Waals surface area contributed by atoms with E-state index in [9.17, 15) is 0 Å². The zero-order valence-corrected chi connectivity index (χ0v) is 30.7. The number of hydrogen-bond acceptors (Lipinski definition) is 4. The summed E-state index contributed by atoms with van der Waals surface area (Å²) < 4.78 is 13.0. The number of hydrogen-bond donors (Lipinski definition) is 0. The molecule has 0 radical (unpaired) electrons. The monoisotopic (exact) mass is 698 g/mol. The van der Waals surface area contributed by atoms with Gasteiger partial charge in [-0.1, -0.05) is 48.5 Å². The maximum Gasteiger partial charge on any atom is 0.136 e. The second-order valence-electron chi connectivity index (χ2n) is 14.6. The first-order valence-electron chi connectivity index (χ1n) is 18.5. The summed E-state index contributed by atoms with van der Waals surface area (Å²) in [5.41, 5.74) is 15.0. The van der Waals surface area contributed by atoms with Crippen LogP contribution in [0.1, 0.15) is 22.3 Å². The van der Waals surface area contributed by atoms with E-state index in [0.717, 1.165) is 88.8 Å². The molecule has 0 aliphatic carbocycles. The van der Waals surface area contributed by atoms with Gasteiger partial charge in [-0.15, -0.1) is 0 Å². The molecule has 4 heteroatoms. The average molecular weight is 699 g/mol. The van der Waals surface area contributed by atoms with Crippen molar-refractivity contribution in [3.63, 3.8) is 0 Å². The molecule has 260 valence electrons. The standard InChI is InChI=1S/C50H38N2O2/c1-31-9-5-13-37(21-31)51(38-14-6-10-32(2)22-38)41-17-19-47-45(29-41)43-25-35-26-44-46-30-42(18-20-48(46)54-50(44)28-36(35)27-49(43)53-47)52(39-15-7-11-33(3)23-39)40-16-8-12-34(4)24-40/h5-30H,1-4H3. The fourth-order valence-corrected chi connectivity index (χ4v) is 8.01. The van der Waals surface area contributed by atoms with Gasteiger partial charge in [-0.25, -0.2) is 0 Å². The van der Waals surface area contributed by atoms with Crippen LogP contribution in [-0.2, 0) is 0 Å². The number of aryl methyl sites for hydroxylation is 4. The van der Waals surface area contributed by atoms with E-state index in [4.69, 9.17) is 8.83 Å². The molecule has 10 aromatic rings. The first-order valence-corrected chi connectivity index (χ1v) is 18.5. The Balaban J connectivity index is 1.13. The van der Waals surface area contributed by atoms with Crippen LogP contribution in [0.25, 0.3) is 54.6 Å². The van der Waals surface area contributed by atoms with Crippen molar-refractivity contribution in [2.24, 2.45) is 0 Å². The number of anilines is 6. The van der Waals surface area contributed by atoms with E-state index in [1.54, 1.807) is 0 Å². The van der Waals surface area contributed by atoms with Crippen LogP contribution in [-0.4, -0.2) is 0 Å². The van der Waals surface area contributed by atoms with Crippen LogP contribution in [0.2, 0.25) is 0 Å². The Hall–Kier alpha value is -6.78. The molecule has 0 fully saturated rings. The second-order valence-corrected chi connectivity index (χ2v) is 14.6. The molecule has 8 aromatic carbocycles. The number of nitrogens with zero attached hydrogens (tertiary/aromatic N) is 2. The topological polar surface area (TPSA) is 32.8 Å². The van der Waals surface area contributed by atoms with Gasteiger partial charge in [-0.05, 0) is 170 Å². The van der Waals surface area contributed by atoms with Crippen molar-refractivity contribution in [3.8, 4) is 0 Å². The second kappa shape index (κ2) is 12.4. The van der Waals surface area contributed by atoms with E-state index in [1.807, 2.05) is 0 Å². The van der Waals surface area contributed by atoms with Gasteiger partial charge in [0.2, 0.25) is 0 Å². The molecule has 0 saturated carbocycles. The summed E-state index contributed by atoms with van der Waals surface area (Å²) in [4.78, 5) is 4.66. The van der Waals surface area contributed by atoms with Gasteiger partial charge in [0.25, 0.3) is 0 Å². The maximum atomic E-state index is 6.50. The summed E-state index contributed by atoms with van der Waals surface area (Å²) in [7, 11) is 0. The highest BCUT2D eigenvalue weighted by Gasteiger charge is 2.19. The van der Waals surface area contributed by atoms with E-state index in [1.165, 1.54) is 22.3 Å². The molecule has 2 heterocycles. The predicted molar refractivity (Wildman–Crippen MR) is 227 cm³/mol. The van der Waals surface area contributed by atoms with Crippen LogP contribution in [0, 0.1) is 27.7 Å². The van der Waals surface area contributed by atoms with Crippen molar-refractivity contribution in [2.75, 3.05) is 9.80 Å². The molecule has 0 N–H and O–H groups in total. The molecule has 0 aliphatic heterocycles. The summed E-state index contributed by atoms with van der Waals surface area (Å²) in [6.45, 7) is 8.56. The number of benzene rings is 8. The lowest BCUT2D eigenvalue weighted by Crippen LogP contribution is -2.10. The Bertz CT molecular complexity index is 2780. The van der Waals surface area contributed by atoms with E-state index in [-0.39, 0.29) is 0 Å². The highest BCUT2D eigenvalue weighted by atomic mass is 16.3. The Labute approximate surface area is 314 Å². The van der Waals surface area contributed by atoms with Gasteiger partial charge in [-0.3, -0.25) is 0 Å². The molecule has 0 saturated heterocycles. The van der Waals surface area contributed by atoms with E-state index < -0.39 is 0 Å². The molecule has 0 unspecified atom stereocenters. The summed E-state index contributed by atoms with van der Waals surface area (Å²) in [5, 5.41) is 6.56. The zero-order valence-electron chi connectivity index (χ0n) is 30.7. The summed E-state index contributed by atoms with van der Waals surface area (Å²) in [6.07, 6.45) is 0. The van der Waals surface area contributed by atoms with Crippen molar-refractivity contribution in [3.05, 3.63) is 180 Å². The summed E-state index contributed by atoms with van der Waals surface area (Å²) >= 11 is 0. The van der Waals surface area contributed by atoms with Gasteiger partial charge in [-0.2, -0.15) is 0 Å². The zero-order chi connectivity index (χ0) is 36.5. The van der Waals surface area contributed by atoms with Crippen molar-refractivity contribution in [2.45, 2.75) is 27.7 Å². The van der Waals surface area contributed by atoms with Crippen molar-refractivity contribution >= 4 is 88.8 Å². The molecule has 0 spiro atoms. The van der Waals surface area contributed by atoms with E-state index >= 15 is 0 Å². The van der Waals surface area contributed by atoms with Gasteiger partial charge in [0.1, 0.15) is 22.3 Å². The van der Waals surface area contributed by atoms with Gasteiger partial charge >= 0.3 is 0 Å². The van der Waals surface area contributed by atoms with E-state index in [0.29, 0.717) is 0 Å². The molecule has 54 heavy (non-hydrogen) atoms. The Morgan fingerprint density at radius 3 is 0.963 bits per heavy atom. The van der Waals surface area contributed by atoms with Crippen molar-refractivity contribution < 1.29 is 8.83 Å². The highest BCUT2D eigenvalue weighted by molar-refractivity contribution is 6.16.